The highest BCUT2D eigenvalue weighted by Gasteiger charge is 2.64. The minimum absolute atomic E-state index is 0.0174. The van der Waals surface area contributed by atoms with Gasteiger partial charge < -0.3 is 13.9 Å². The van der Waals surface area contributed by atoms with Crippen LogP contribution < -0.4 is 0 Å². The van der Waals surface area contributed by atoms with E-state index in [-0.39, 0.29) is 59.5 Å². The van der Waals surface area contributed by atoms with Crippen molar-refractivity contribution in [1.82, 2.24) is 0 Å². The molecule has 0 spiro atoms. The molecule has 7 unspecified atom stereocenters. The lowest BCUT2D eigenvalue weighted by molar-refractivity contribution is -0.191. The Hall–Kier alpha value is -2.11. The summed E-state index contributed by atoms with van der Waals surface area (Å²) in [6, 6.07) is 1.81. The van der Waals surface area contributed by atoms with Gasteiger partial charge in [0.05, 0.1) is 24.4 Å². The minimum atomic E-state index is -0.433. The van der Waals surface area contributed by atoms with E-state index in [1.54, 1.807) is 12.5 Å². The summed E-state index contributed by atoms with van der Waals surface area (Å²) in [5.74, 6) is -1.63. The zero-order chi connectivity index (χ0) is 17.3. The van der Waals surface area contributed by atoms with Crippen molar-refractivity contribution in [2.45, 2.75) is 44.8 Å². The molecule has 0 aromatic carbocycles. The Morgan fingerprint density at radius 3 is 2.72 bits per heavy atom. The Balaban J connectivity index is 1.55. The molecule has 1 aromatic heterocycles. The highest BCUT2D eigenvalue weighted by atomic mass is 16.6. The van der Waals surface area contributed by atoms with Gasteiger partial charge in [0.25, 0.3) is 0 Å². The molecule has 0 N–H and O–H groups in total. The molecular formula is C19H20O6. The Labute approximate surface area is 144 Å². The van der Waals surface area contributed by atoms with E-state index in [1.807, 2.05) is 6.07 Å². The molecule has 2 saturated heterocycles. The summed E-state index contributed by atoms with van der Waals surface area (Å²) in [7, 11) is 0. The van der Waals surface area contributed by atoms with Gasteiger partial charge in [-0.25, -0.2) is 0 Å². The van der Waals surface area contributed by atoms with Gasteiger partial charge in [0.15, 0.2) is 0 Å². The van der Waals surface area contributed by atoms with E-state index in [9.17, 15) is 14.4 Å². The van der Waals surface area contributed by atoms with Crippen molar-refractivity contribution in [1.29, 1.82) is 0 Å². The molecule has 6 nitrogen and oxygen atoms in total. The predicted molar refractivity (Wildman–Crippen MR) is 83.0 cm³/mol. The standard InChI is InChI=1S/C19H20O6/c1-19-7-15(9-2-3-23-8-9)25-18(22)13(19)6-14(20)16-11-4-10(5-12(16)19)24-17(11)21/h2-3,8,10-13,15-16H,4-7H2,1H3. The van der Waals surface area contributed by atoms with E-state index in [0.29, 0.717) is 19.3 Å². The lowest BCUT2D eigenvalue weighted by Crippen LogP contribution is -2.57. The molecule has 132 valence electrons. The molecule has 2 bridgehead atoms. The van der Waals surface area contributed by atoms with Crippen LogP contribution in [0, 0.1) is 29.1 Å². The van der Waals surface area contributed by atoms with Crippen molar-refractivity contribution in [2.75, 3.05) is 0 Å². The number of hydrogen-bond acceptors (Lipinski definition) is 6. The van der Waals surface area contributed by atoms with Crippen LogP contribution in [0.25, 0.3) is 0 Å². The van der Waals surface area contributed by atoms with Crippen molar-refractivity contribution < 1.29 is 28.3 Å². The van der Waals surface area contributed by atoms with Gasteiger partial charge >= 0.3 is 11.9 Å². The van der Waals surface area contributed by atoms with E-state index in [1.165, 1.54) is 0 Å². The maximum Gasteiger partial charge on any atom is 0.310 e. The third kappa shape index (κ3) is 1.99. The van der Waals surface area contributed by atoms with Crippen LogP contribution in [0.5, 0.6) is 0 Å². The van der Waals surface area contributed by atoms with Gasteiger partial charge in [-0.05, 0) is 36.7 Å². The van der Waals surface area contributed by atoms with Gasteiger partial charge in [-0.1, -0.05) is 6.92 Å². The average Bonchev–Trinajstić information content (AvgIpc) is 3.19. The summed E-state index contributed by atoms with van der Waals surface area (Å²) in [5.41, 5.74) is 0.466. The number of rotatable bonds is 1. The van der Waals surface area contributed by atoms with Crippen LogP contribution in [0.15, 0.2) is 23.0 Å². The number of fused-ring (bicyclic) bond motifs is 6. The van der Waals surface area contributed by atoms with Gasteiger partial charge in [0.2, 0.25) is 0 Å². The first-order chi connectivity index (χ1) is 12.0. The third-order valence-corrected chi connectivity index (χ3v) is 6.99. The minimum Gasteiger partial charge on any atom is -0.472 e. The molecule has 1 aromatic rings. The fourth-order valence-corrected chi connectivity index (χ4v) is 5.74. The van der Waals surface area contributed by atoms with Gasteiger partial charge in [-0.3, -0.25) is 14.4 Å². The topological polar surface area (TPSA) is 82.8 Å². The summed E-state index contributed by atoms with van der Waals surface area (Å²) < 4.78 is 16.2. The number of furan rings is 1. The molecule has 3 heterocycles. The first kappa shape index (κ1) is 15.2. The highest BCUT2D eigenvalue weighted by molar-refractivity contribution is 5.93. The van der Waals surface area contributed by atoms with Gasteiger partial charge in [0, 0.05) is 17.9 Å². The number of esters is 2. The van der Waals surface area contributed by atoms with Crippen molar-refractivity contribution in [3.63, 3.8) is 0 Å². The Bertz CT molecular complexity index is 752. The van der Waals surface area contributed by atoms with Gasteiger partial charge in [-0.15, -0.1) is 0 Å². The first-order valence-electron chi connectivity index (χ1n) is 8.93. The van der Waals surface area contributed by atoms with E-state index in [4.69, 9.17) is 13.9 Å². The van der Waals surface area contributed by atoms with Crippen LogP contribution >= 0.6 is 0 Å². The molecule has 5 rings (SSSR count). The Kier molecular flexibility index (Phi) is 3.01. The van der Waals surface area contributed by atoms with Crippen LogP contribution in [0.1, 0.15) is 44.3 Å². The second kappa shape index (κ2) is 4.96. The maximum atomic E-state index is 12.8. The first-order valence-corrected chi connectivity index (χ1v) is 8.93. The second-order valence-corrected chi connectivity index (χ2v) is 8.18. The molecule has 7 atom stereocenters. The number of carbonyl (C=O) groups excluding carboxylic acids is 3. The lowest BCUT2D eigenvalue weighted by Gasteiger charge is -2.54. The molecule has 6 heteroatoms. The quantitative estimate of drug-likeness (QED) is 0.728. The van der Waals surface area contributed by atoms with Crippen LogP contribution in [0.4, 0.5) is 0 Å². The average molecular weight is 344 g/mol. The van der Waals surface area contributed by atoms with Crippen LogP contribution in [-0.2, 0) is 23.9 Å². The lowest BCUT2D eigenvalue weighted by atomic mass is 9.49. The van der Waals surface area contributed by atoms with E-state index in [2.05, 4.69) is 6.92 Å². The summed E-state index contributed by atoms with van der Waals surface area (Å²) >= 11 is 0. The predicted octanol–water partition coefficient (Wildman–Crippen LogP) is 2.43. The molecule has 4 fully saturated rings. The molecule has 2 saturated carbocycles. The number of hydrogen-bond donors (Lipinski definition) is 0. The van der Waals surface area contributed by atoms with E-state index < -0.39 is 5.92 Å². The summed E-state index contributed by atoms with van der Waals surface area (Å²) in [4.78, 5) is 37.6. The van der Waals surface area contributed by atoms with Crippen molar-refractivity contribution in [2.24, 2.45) is 29.1 Å². The SMILES string of the molecule is CC12CC(c3ccoc3)OC(=O)C1CC(=O)C1C3CC(CC12)OC3=O. The molecule has 0 radical (unpaired) electrons. The Morgan fingerprint density at radius 1 is 1.12 bits per heavy atom. The van der Waals surface area contributed by atoms with E-state index in [0.717, 1.165) is 5.56 Å². The number of cyclic esters (lactones) is 1. The number of Topliss-reactive ketones (excluding diaryl/α,β-unsaturated/α-hetero) is 1. The van der Waals surface area contributed by atoms with Gasteiger partial charge in [0.1, 0.15) is 18.0 Å². The highest BCUT2D eigenvalue weighted by Crippen LogP contribution is 2.61. The van der Waals surface area contributed by atoms with Crippen LogP contribution in [-0.4, -0.2) is 23.8 Å². The number of ketones is 1. The molecule has 4 aliphatic rings. The number of carbonyl (C=O) groups is 3. The zero-order valence-electron chi connectivity index (χ0n) is 14.0. The normalized spacial score (nSPS) is 45.4. The monoisotopic (exact) mass is 344 g/mol. The molecule has 2 aliphatic carbocycles. The fraction of sp³-hybridized carbons (Fsp3) is 0.632. The smallest absolute Gasteiger partial charge is 0.310 e. The third-order valence-electron chi connectivity index (χ3n) is 6.99. The maximum absolute atomic E-state index is 12.8. The largest absolute Gasteiger partial charge is 0.472 e. The molecule has 25 heavy (non-hydrogen) atoms. The molecule has 0 amide bonds. The summed E-state index contributed by atoms with van der Waals surface area (Å²) in [5, 5.41) is 0. The zero-order valence-corrected chi connectivity index (χ0v) is 14.0. The molecular weight excluding hydrogens is 324 g/mol. The van der Waals surface area contributed by atoms with Crippen molar-refractivity contribution >= 4 is 17.7 Å². The summed E-state index contributed by atoms with van der Waals surface area (Å²) in [6.07, 6.45) is 4.81. The fourth-order valence-electron chi connectivity index (χ4n) is 5.74. The van der Waals surface area contributed by atoms with Crippen molar-refractivity contribution in [3.05, 3.63) is 24.2 Å². The van der Waals surface area contributed by atoms with Gasteiger partial charge in [-0.2, -0.15) is 0 Å². The van der Waals surface area contributed by atoms with Crippen molar-refractivity contribution in [3.8, 4) is 0 Å². The summed E-state index contributed by atoms with van der Waals surface area (Å²) in [6.45, 7) is 2.09. The second-order valence-electron chi connectivity index (χ2n) is 8.18. The van der Waals surface area contributed by atoms with E-state index >= 15 is 0 Å². The van der Waals surface area contributed by atoms with Crippen LogP contribution in [0.2, 0.25) is 0 Å². The number of ether oxygens (including phenoxy) is 2. The van der Waals surface area contributed by atoms with Crippen LogP contribution in [0.3, 0.4) is 0 Å². The molecule has 2 aliphatic heterocycles. The Morgan fingerprint density at radius 2 is 1.96 bits per heavy atom.